The maximum atomic E-state index is 13.4. The minimum atomic E-state index is -0.709. The number of aliphatic hydroxyl groups excluding tert-OH is 1. The van der Waals surface area contributed by atoms with Gasteiger partial charge in [0.15, 0.2) is 0 Å². The Bertz CT molecular complexity index is 937. The number of hydrogen-bond acceptors (Lipinski definition) is 6. The van der Waals surface area contributed by atoms with Crippen LogP contribution in [0.25, 0.3) is 6.20 Å². The molecule has 188 valence electrons. The van der Waals surface area contributed by atoms with Crippen molar-refractivity contribution in [3.8, 4) is 5.88 Å². The predicted molar refractivity (Wildman–Crippen MR) is 127 cm³/mol. The molecular formula is C25H38N4O5. The number of carbonyl (C=O) groups excluding carboxylic acids is 2. The van der Waals surface area contributed by atoms with Gasteiger partial charge < -0.3 is 25.6 Å². The van der Waals surface area contributed by atoms with Crippen molar-refractivity contribution in [1.29, 1.82) is 0 Å². The van der Waals surface area contributed by atoms with Crippen LogP contribution in [-0.2, 0) is 4.74 Å². The molecule has 9 nitrogen and oxygen atoms in total. The molecule has 34 heavy (non-hydrogen) atoms. The van der Waals surface area contributed by atoms with Crippen molar-refractivity contribution >= 4 is 18.2 Å². The largest absolute Gasteiger partial charge is 0.477 e. The fourth-order valence-electron chi connectivity index (χ4n) is 6.08. The Morgan fingerprint density at radius 3 is 2.59 bits per heavy atom. The van der Waals surface area contributed by atoms with Crippen LogP contribution < -0.4 is 15.8 Å². The lowest BCUT2D eigenvalue weighted by atomic mass is 9.52. The predicted octanol–water partition coefficient (Wildman–Crippen LogP) is 3.18. The van der Waals surface area contributed by atoms with Gasteiger partial charge in [0, 0.05) is 17.7 Å². The van der Waals surface area contributed by atoms with Crippen molar-refractivity contribution in [3.63, 3.8) is 0 Å². The van der Waals surface area contributed by atoms with E-state index in [1.54, 1.807) is 10.9 Å². The third-order valence-corrected chi connectivity index (χ3v) is 7.45. The fourth-order valence-corrected chi connectivity index (χ4v) is 6.08. The van der Waals surface area contributed by atoms with Gasteiger partial charge in [0.25, 0.3) is 5.91 Å². The summed E-state index contributed by atoms with van der Waals surface area (Å²) >= 11 is 0. The smallest absolute Gasteiger partial charge is 0.405 e. The highest BCUT2D eigenvalue weighted by Gasteiger charge is 2.57. The van der Waals surface area contributed by atoms with Gasteiger partial charge >= 0.3 is 6.09 Å². The summed E-state index contributed by atoms with van der Waals surface area (Å²) in [4.78, 5) is 24.9. The molecule has 9 heteroatoms. The summed E-state index contributed by atoms with van der Waals surface area (Å²) in [5.41, 5.74) is 4.86. The van der Waals surface area contributed by atoms with E-state index in [9.17, 15) is 14.7 Å². The van der Waals surface area contributed by atoms with Crippen LogP contribution in [0.3, 0.4) is 0 Å². The van der Waals surface area contributed by atoms with E-state index in [1.807, 2.05) is 33.8 Å². The molecule has 1 aromatic heterocycles. The molecule has 4 saturated carbocycles. The van der Waals surface area contributed by atoms with E-state index in [-0.39, 0.29) is 36.3 Å². The molecule has 1 heterocycles. The maximum Gasteiger partial charge on any atom is 0.405 e. The second kappa shape index (κ2) is 9.24. The number of aliphatic hydroxyl groups is 1. The molecule has 1 aromatic rings. The first-order chi connectivity index (χ1) is 16.0. The Morgan fingerprint density at radius 1 is 1.32 bits per heavy atom. The number of hydrogen-bond donors (Lipinski definition) is 3. The van der Waals surface area contributed by atoms with E-state index in [1.165, 1.54) is 6.20 Å². The Labute approximate surface area is 201 Å². The van der Waals surface area contributed by atoms with Crippen LogP contribution in [0.1, 0.15) is 70.2 Å². The van der Waals surface area contributed by atoms with Crippen LogP contribution in [0.15, 0.2) is 12.3 Å². The molecule has 0 aliphatic heterocycles. The molecule has 4 N–H and O–H groups in total. The summed E-state index contributed by atoms with van der Waals surface area (Å²) in [6.45, 7) is 8.36. The van der Waals surface area contributed by atoms with E-state index >= 15 is 0 Å². The minimum Gasteiger partial charge on any atom is -0.477 e. The van der Waals surface area contributed by atoms with Gasteiger partial charge in [-0.1, -0.05) is 33.8 Å². The highest BCUT2D eigenvalue weighted by molar-refractivity contribution is 5.96. The minimum absolute atomic E-state index is 0.00724. The molecule has 2 atom stereocenters. The summed E-state index contributed by atoms with van der Waals surface area (Å²) in [5.74, 6) is 1.50. The van der Waals surface area contributed by atoms with Crippen molar-refractivity contribution < 1.29 is 24.2 Å². The van der Waals surface area contributed by atoms with Crippen molar-refractivity contribution in [2.24, 2.45) is 34.8 Å². The molecule has 5 rings (SSSR count). The standard InChI is InChI=1S/C25H38N4O5/c1-15(2)13-33-22-19(12-27-29(22)6-5-24(3,4)14-30)21(31)28-20-17-7-16-8-18(20)11-25(9-16,10-17)34-23(26)32/h5-6,12,15-18,20,30H,7-11,13-14H2,1-4H3,(H2,26,32)(H,28,31)/b6-5+. The zero-order chi connectivity index (χ0) is 24.7. The maximum absolute atomic E-state index is 13.4. The summed E-state index contributed by atoms with van der Waals surface area (Å²) in [7, 11) is 0. The van der Waals surface area contributed by atoms with E-state index < -0.39 is 17.1 Å². The molecule has 2 amide bonds. The van der Waals surface area contributed by atoms with Crippen LogP contribution in [0.4, 0.5) is 4.79 Å². The molecule has 0 saturated heterocycles. The van der Waals surface area contributed by atoms with Gasteiger partial charge in [-0.15, -0.1) is 0 Å². The topological polar surface area (TPSA) is 129 Å². The SMILES string of the molecule is CC(C)COc1c(C(=O)NC2C3CC4CC2CC(OC(N)=O)(C4)C3)cnn1/C=C/C(C)(C)CO. The number of primary amides is 1. The molecular weight excluding hydrogens is 436 g/mol. The van der Waals surface area contributed by atoms with Gasteiger partial charge in [0.05, 0.1) is 19.4 Å². The Balaban J connectivity index is 1.52. The van der Waals surface area contributed by atoms with E-state index in [2.05, 4.69) is 10.4 Å². The van der Waals surface area contributed by atoms with Crippen molar-refractivity contribution in [2.45, 2.75) is 71.4 Å². The highest BCUT2D eigenvalue weighted by Crippen LogP contribution is 2.57. The molecule has 4 aliphatic carbocycles. The average molecular weight is 475 g/mol. The van der Waals surface area contributed by atoms with Crippen molar-refractivity contribution in [1.82, 2.24) is 15.1 Å². The van der Waals surface area contributed by atoms with Crippen molar-refractivity contribution in [3.05, 3.63) is 17.8 Å². The Morgan fingerprint density at radius 2 is 2.00 bits per heavy atom. The summed E-state index contributed by atoms with van der Waals surface area (Å²) in [6, 6.07) is 0.0267. The normalized spacial score (nSPS) is 30.2. The van der Waals surface area contributed by atoms with Gasteiger partial charge in [-0.05, 0) is 55.8 Å². The summed E-state index contributed by atoms with van der Waals surface area (Å²) in [6.07, 6.45) is 8.82. The zero-order valence-electron chi connectivity index (χ0n) is 20.6. The van der Waals surface area contributed by atoms with Crippen LogP contribution in [-0.4, -0.2) is 51.7 Å². The summed E-state index contributed by atoms with van der Waals surface area (Å²) in [5, 5.41) is 17.2. The fraction of sp³-hybridized carbons (Fsp3) is 0.720. The van der Waals surface area contributed by atoms with Gasteiger partial charge in [-0.3, -0.25) is 4.79 Å². The number of ether oxygens (including phenoxy) is 2. The Kier molecular flexibility index (Phi) is 6.68. The number of rotatable bonds is 9. The Hall–Kier alpha value is -2.55. The molecule has 4 bridgehead atoms. The number of nitrogens with two attached hydrogens (primary N) is 1. The van der Waals surface area contributed by atoms with E-state index in [4.69, 9.17) is 15.2 Å². The van der Waals surface area contributed by atoms with E-state index in [0.29, 0.717) is 24.0 Å². The monoisotopic (exact) mass is 474 g/mol. The third-order valence-electron chi connectivity index (χ3n) is 7.45. The first-order valence-corrected chi connectivity index (χ1v) is 12.3. The number of nitrogens with zero attached hydrogens (tertiary/aromatic N) is 2. The lowest BCUT2D eigenvalue weighted by molar-refractivity contribution is -0.137. The van der Waals surface area contributed by atoms with Crippen LogP contribution in [0.2, 0.25) is 0 Å². The van der Waals surface area contributed by atoms with Gasteiger partial charge in [0.1, 0.15) is 11.2 Å². The first kappa shape index (κ1) is 24.6. The zero-order valence-corrected chi connectivity index (χ0v) is 20.6. The molecule has 2 unspecified atom stereocenters. The highest BCUT2D eigenvalue weighted by atomic mass is 16.6. The average Bonchev–Trinajstić information content (AvgIpc) is 3.15. The van der Waals surface area contributed by atoms with Crippen molar-refractivity contribution in [2.75, 3.05) is 13.2 Å². The second-order valence-corrected chi connectivity index (χ2v) is 11.5. The summed E-state index contributed by atoms with van der Waals surface area (Å²) < 4.78 is 13.2. The van der Waals surface area contributed by atoms with Crippen LogP contribution in [0, 0.1) is 29.1 Å². The number of aromatic nitrogens is 2. The van der Waals surface area contributed by atoms with Gasteiger partial charge in [0.2, 0.25) is 5.88 Å². The molecule has 0 aromatic carbocycles. The van der Waals surface area contributed by atoms with Crippen LogP contribution in [0.5, 0.6) is 5.88 Å². The van der Waals surface area contributed by atoms with Gasteiger partial charge in [-0.2, -0.15) is 5.10 Å². The molecule has 4 fully saturated rings. The second-order valence-electron chi connectivity index (χ2n) is 11.5. The third kappa shape index (κ3) is 5.09. The number of nitrogens with one attached hydrogen (secondary N) is 1. The lowest BCUT2D eigenvalue weighted by Crippen LogP contribution is -2.63. The molecule has 4 aliphatic rings. The van der Waals surface area contributed by atoms with E-state index in [0.717, 1.165) is 32.1 Å². The lowest BCUT2D eigenvalue weighted by Gasteiger charge is -2.58. The first-order valence-electron chi connectivity index (χ1n) is 12.3. The molecule has 0 spiro atoms. The number of amides is 2. The van der Waals surface area contributed by atoms with Gasteiger partial charge in [-0.25, -0.2) is 9.48 Å². The molecule has 0 radical (unpaired) electrons. The quantitative estimate of drug-likeness (QED) is 0.504. The number of carbonyl (C=O) groups is 2. The van der Waals surface area contributed by atoms with Crippen LogP contribution >= 0.6 is 0 Å².